The average Bonchev–Trinajstić information content (AvgIpc) is 2.89. The number of hydrogen-bond acceptors (Lipinski definition) is 1. The Morgan fingerprint density at radius 3 is 1.69 bits per heavy atom. The van der Waals surface area contributed by atoms with E-state index in [0.29, 0.717) is 0 Å². The second-order valence-electron chi connectivity index (χ2n) is 5.30. The zero-order valence-electron chi connectivity index (χ0n) is 9.05. The lowest BCUT2D eigenvalue weighted by molar-refractivity contribution is 0.238. The van der Waals surface area contributed by atoms with Gasteiger partial charge in [-0.15, -0.1) is 0 Å². The van der Waals surface area contributed by atoms with Gasteiger partial charge in [0, 0.05) is 12.1 Å². The summed E-state index contributed by atoms with van der Waals surface area (Å²) in [5.74, 6) is 1.92. The second kappa shape index (κ2) is 4.00. The molecule has 76 valence electrons. The lowest BCUT2D eigenvalue weighted by atomic mass is 9.80. The van der Waals surface area contributed by atoms with Crippen molar-refractivity contribution in [2.75, 3.05) is 0 Å². The molecule has 2 saturated carbocycles. The average molecular weight is 181 g/mol. The van der Waals surface area contributed by atoms with Crippen molar-refractivity contribution in [2.24, 2.45) is 11.8 Å². The Morgan fingerprint density at radius 2 is 1.31 bits per heavy atom. The molecule has 2 aliphatic rings. The number of rotatable bonds is 3. The van der Waals surface area contributed by atoms with E-state index in [4.69, 9.17) is 0 Å². The lowest BCUT2D eigenvalue weighted by Gasteiger charge is -2.31. The van der Waals surface area contributed by atoms with E-state index in [1.54, 1.807) is 0 Å². The smallest absolute Gasteiger partial charge is 0.00708 e. The van der Waals surface area contributed by atoms with Crippen LogP contribution in [-0.2, 0) is 0 Å². The molecule has 2 rings (SSSR count). The van der Waals surface area contributed by atoms with Gasteiger partial charge >= 0.3 is 0 Å². The van der Waals surface area contributed by atoms with Gasteiger partial charge in [-0.1, -0.05) is 13.8 Å². The SMILES string of the molecule is CC(C)C1CCC(NC2CC2)CC1. The summed E-state index contributed by atoms with van der Waals surface area (Å²) < 4.78 is 0. The quantitative estimate of drug-likeness (QED) is 0.706. The van der Waals surface area contributed by atoms with E-state index < -0.39 is 0 Å². The highest BCUT2D eigenvalue weighted by Gasteiger charge is 2.28. The van der Waals surface area contributed by atoms with Gasteiger partial charge in [-0.05, 0) is 50.4 Å². The Kier molecular flexibility index (Phi) is 2.92. The van der Waals surface area contributed by atoms with Gasteiger partial charge in [0.05, 0.1) is 0 Å². The third kappa shape index (κ3) is 2.70. The van der Waals surface area contributed by atoms with E-state index >= 15 is 0 Å². The van der Waals surface area contributed by atoms with E-state index in [-0.39, 0.29) is 0 Å². The summed E-state index contributed by atoms with van der Waals surface area (Å²) in [6.07, 6.45) is 8.65. The predicted molar refractivity (Wildman–Crippen MR) is 56.7 cm³/mol. The van der Waals surface area contributed by atoms with Gasteiger partial charge in [0.25, 0.3) is 0 Å². The van der Waals surface area contributed by atoms with E-state index in [9.17, 15) is 0 Å². The molecule has 0 aliphatic heterocycles. The normalized spacial score (nSPS) is 35.3. The van der Waals surface area contributed by atoms with Crippen molar-refractivity contribution < 1.29 is 0 Å². The monoisotopic (exact) mass is 181 g/mol. The van der Waals surface area contributed by atoms with E-state index in [2.05, 4.69) is 19.2 Å². The minimum absolute atomic E-state index is 0.863. The first-order chi connectivity index (χ1) is 6.25. The van der Waals surface area contributed by atoms with Gasteiger partial charge in [-0.25, -0.2) is 0 Å². The fourth-order valence-corrected chi connectivity index (χ4v) is 2.54. The largest absolute Gasteiger partial charge is 0.311 e. The first-order valence-corrected chi connectivity index (χ1v) is 6.01. The van der Waals surface area contributed by atoms with Crippen LogP contribution in [0, 0.1) is 11.8 Å². The van der Waals surface area contributed by atoms with Crippen LogP contribution >= 0.6 is 0 Å². The van der Waals surface area contributed by atoms with Crippen LogP contribution in [0.25, 0.3) is 0 Å². The summed E-state index contributed by atoms with van der Waals surface area (Å²) in [7, 11) is 0. The minimum Gasteiger partial charge on any atom is -0.311 e. The predicted octanol–water partition coefficient (Wildman–Crippen LogP) is 2.95. The molecule has 0 bridgehead atoms. The van der Waals surface area contributed by atoms with Crippen molar-refractivity contribution in [1.29, 1.82) is 0 Å². The maximum Gasteiger partial charge on any atom is 0.00708 e. The molecule has 0 spiro atoms. The van der Waals surface area contributed by atoms with Crippen LogP contribution in [0.5, 0.6) is 0 Å². The zero-order chi connectivity index (χ0) is 9.26. The van der Waals surface area contributed by atoms with Gasteiger partial charge in [0.15, 0.2) is 0 Å². The number of hydrogen-bond donors (Lipinski definition) is 1. The topological polar surface area (TPSA) is 12.0 Å². The van der Waals surface area contributed by atoms with Gasteiger partial charge in [-0.2, -0.15) is 0 Å². The van der Waals surface area contributed by atoms with Crippen LogP contribution in [0.2, 0.25) is 0 Å². The lowest BCUT2D eigenvalue weighted by Crippen LogP contribution is -2.35. The van der Waals surface area contributed by atoms with Crippen molar-refractivity contribution in [2.45, 2.75) is 64.5 Å². The molecule has 0 aromatic rings. The minimum atomic E-state index is 0.863. The Bertz CT molecular complexity index is 153. The molecule has 1 heteroatoms. The molecule has 2 fully saturated rings. The molecule has 0 atom stereocenters. The third-order valence-electron chi connectivity index (χ3n) is 3.76. The Hall–Kier alpha value is -0.0400. The Balaban J connectivity index is 1.69. The van der Waals surface area contributed by atoms with E-state index in [1.165, 1.54) is 38.5 Å². The number of nitrogens with one attached hydrogen (secondary N) is 1. The molecular weight excluding hydrogens is 158 g/mol. The maximum absolute atomic E-state index is 3.75. The van der Waals surface area contributed by atoms with Crippen molar-refractivity contribution in [1.82, 2.24) is 5.32 Å². The van der Waals surface area contributed by atoms with Gasteiger partial charge in [0.1, 0.15) is 0 Å². The summed E-state index contributed by atoms with van der Waals surface area (Å²) in [5, 5.41) is 3.75. The summed E-state index contributed by atoms with van der Waals surface area (Å²) in [5.41, 5.74) is 0. The molecular formula is C12H23N. The van der Waals surface area contributed by atoms with Crippen LogP contribution in [-0.4, -0.2) is 12.1 Å². The zero-order valence-corrected chi connectivity index (χ0v) is 9.05. The first kappa shape index (κ1) is 9.51. The molecule has 1 nitrogen and oxygen atoms in total. The van der Waals surface area contributed by atoms with Crippen molar-refractivity contribution in [3.8, 4) is 0 Å². The van der Waals surface area contributed by atoms with Crippen LogP contribution in [0.3, 0.4) is 0 Å². The Morgan fingerprint density at radius 1 is 0.846 bits per heavy atom. The molecule has 1 N–H and O–H groups in total. The molecule has 0 saturated heterocycles. The van der Waals surface area contributed by atoms with Crippen molar-refractivity contribution in [3.05, 3.63) is 0 Å². The molecule has 0 heterocycles. The summed E-state index contributed by atoms with van der Waals surface area (Å²) >= 11 is 0. The maximum atomic E-state index is 3.75. The Labute approximate surface area is 82.3 Å². The molecule has 0 radical (unpaired) electrons. The van der Waals surface area contributed by atoms with Crippen molar-refractivity contribution >= 4 is 0 Å². The van der Waals surface area contributed by atoms with Crippen LogP contribution in [0.15, 0.2) is 0 Å². The van der Waals surface area contributed by atoms with E-state index in [0.717, 1.165) is 23.9 Å². The van der Waals surface area contributed by atoms with Crippen LogP contribution in [0.1, 0.15) is 52.4 Å². The highest BCUT2D eigenvalue weighted by atomic mass is 15.0. The van der Waals surface area contributed by atoms with Crippen LogP contribution in [0.4, 0.5) is 0 Å². The highest BCUT2D eigenvalue weighted by Crippen LogP contribution is 2.31. The molecule has 13 heavy (non-hydrogen) atoms. The molecule has 0 aromatic carbocycles. The fourth-order valence-electron chi connectivity index (χ4n) is 2.54. The molecule has 0 amide bonds. The first-order valence-electron chi connectivity index (χ1n) is 6.01. The highest BCUT2D eigenvalue weighted by molar-refractivity contribution is 4.87. The summed E-state index contributed by atoms with van der Waals surface area (Å²) in [4.78, 5) is 0. The standard InChI is InChI=1S/C12H23N/c1-9(2)10-3-5-11(6-4-10)13-12-7-8-12/h9-13H,3-8H2,1-2H3. The van der Waals surface area contributed by atoms with Gasteiger partial charge in [-0.3, -0.25) is 0 Å². The van der Waals surface area contributed by atoms with Crippen molar-refractivity contribution in [3.63, 3.8) is 0 Å². The van der Waals surface area contributed by atoms with Gasteiger partial charge < -0.3 is 5.32 Å². The molecule has 0 aromatic heterocycles. The summed E-state index contributed by atoms with van der Waals surface area (Å²) in [6.45, 7) is 4.75. The van der Waals surface area contributed by atoms with E-state index in [1.807, 2.05) is 0 Å². The third-order valence-corrected chi connectivity index (χ3v) is 3.76. The molecule has 2 aliphatic carbocycles. The summed E-state index contributed by atoms with van der Waals surface area (Å²) in [6, 6.07) is 1.77. The second-order valence-corrected chi connectivity index (χ2v) is 5.30. The van der Waals surface area contributed by atoms with Gasteiger partial charge in [0.2, 0.25) is 0 Å². The van der Waals surface area contributed by atoms with Crippen LogP contribution < -0.4 is 5.32 Å². The molecule has 0 unspecified atom stereocenters. The fraction of sp³-hybridized carbons (Fsp3) is 1.00.